The molecule has 30 heavy (non-hydrogen) atoms. The summed E-state index contributed by atoms with van der Waals surface area (Å²) < 4.78 is 30.9. The lowest BCUT2D eigenvalue weighted by atomic mass is 9.71. The summed E-state index contributed by atoms with van der Waals surface area (Å²) in [7, 11) is 2.16. The number of nitrogens with one attached hydrogen (secondary N) is 1. The Balaban J connectivity index is 1.74. The van der Waals surface area contributed by atoms with Gasteiger partial charge in [-0.1, -0.05) is 25.3 Å². The molecule has 4 rings (SSSR count). The topological polar surface area (TPSA) is 63.1 Å². The quantitative estimate of drug-likeness (QED) is 0.575. The Morgan fingerprint density at radius 3 is 2.67 bits per heavy atom. The molecule has 1 saturated carbocycles. The number of hydrogen-bond acceptors (Lipinski definition) is 6. The molecule has 2 atom stereocenters. The van der Waals surface area contributed by atoms with Crippen LogP contribution >= 0.6 is 11.9 Å². The number of nitrogens with zero attached hydrogens (tertiary/aromatic N) is 4. The molecular formula is C20H28BF2N5OS. The van der Waals surface area contributed by atoms with Crippen molar-refractivity contribution in [1.82, 2.24) is 18.8 Å². The summed E-state index contributed by atoms with van der Waals surface area (Å²) in [5, 5.41) is 3.94. The molecule has 6 nitrogen and oxygen atoms in total. The van der Waals surface area contributed by atoms with E-state index in [2.05, 4.69) is 40.6 Å². The molecule has 10 heteroatoms. The third kappa shape index (κ3) is 4.08. The zero-order chi connectivity index (χ0) is 21.5. The van der Waals surface area contributed by atoms with Crippen molar-refractivity contribution < 1.29 is 8.78 Å². The summed E-state index contributed by atoms with van der Waals surface area (Å²) >= 11 is 1.75. The van der Waals surface area contributed by atoms with Crippen LogP contribution in [0.2, 0.25) is 0 Å². The molecule has 2 fully saturated rings. The van der Waals surface area contributed by atoms with Gasteiger partial charge in [-0.25, -0.2) is 13.8 Å². The second-order valence-corrected chi connectivity index (χ2v) is 9.70. The number of piperidine rings is 1. The molecule has 2 aliphatic rings. The van der Waals surface area contributed by atoms with E-state index in [1.807, 2.05) is 0 Å². The van der Waals surface area contributed by atoms with Crippen LogP contribution in [0.1, 0.15) is 57.1 Å². The SMILES string of the molecule is BC1(Nc2ncc3cc(C(F)F)c(=O)n(C4CCCC4C)c3n2)CCN(SC)CC1. The minimum atomic E-state index is -2.82. The summed E-state index contributed by atoms with van der Waals surface area (Å²) in [5.41, 5.74) is -0.789. The van der Waals surface area contributed by atoms with E-state index >= 15 is 0 Å². The smallest absolute Gasteiger partial charge is 0.269 e. The molecule has 1 aliphatic heterocycles. The first-order valence-corrected chi connectivity index (χ1v) is 11.8. The Labute approximate surface area is 180 Å². The molecule has 0 radical (unpaired) electrons. The van der Waals surface area contributed by atoms with Gasteiger partial charge in [0.15, 0.2) is 0 Å². The summed E-state index contributed by atoms with van der Waals surface area (Å²) in [6.07, 6.45) is 5.50. The third-order valence-corrected chi connectivity index (χ3v) is 7.56. The molecule has 2 aromatic rings. The fourth-order valence-electron chi connectivity index (χ4n) is 4.73. The van der Waals surface area contributed by atoms with Crippen LogP contribution in [0.3, 0.4) is 0 Å². The average molecular weight is 435 g/mol. The Morgan fingerprint density at radius 1 is 1.33 bits per heavy atom. The molecule has 0 spiro atoms. The Hall–Kier alpha value is -1.68. The highest BCUT2D eigenvalue weighted by atomic mass is 32.2. The number of pyridine rings is 1. The van der Waals surface area contributed by atoms with E-state index in [0.29, 0.717) is 17.0 Å². The molecule has 0 aromatic carbocycles. The van der Waals surface area contributed by atoms with E-state index in [0.717, 1.165) is 45.2 Å². The van der Waals surface area contributed by atoms with E-state index in [-0.39, 0.29) is 17.4 Å². The number of aromatic nitrogens is 3. The number of alkyl halides is 2. The number of fused-ring (bicyclic) bond motifs is 1. The van der Waals surface area contributed by atoms with Gasteiger partial charge in [0.25, 0.3) is 12.0 Å². The summed E-state index contributed by atoms with van der Waals surface area (Å²) in [6.45, 7) is 4.02. The monoisotopic (exact) mass is 435 g/mol. The first-order chi connectivity index (χ1) is 14.3. The average Bonchev–Trinajstić information content (AvgIpc) is 3.13. The van der Waals surface area contributed by atoms with Gasteiger partial charge in [-0.2, -0.15) is 4.98 Å². The van der Waals surface area contributed by atoms with Gasteiger partial charge in [0.05, 0.1) is 5.56 Å². The first-order valence-electron chi connectivity index (χ1n) is 10.6. The molecule has 0 bridgehead atoms. The van der Waals surface area contributed by atoms with E-state index in [1.54, 1.807) is 18.1 Å². The molecule has 1 N–H and O–H groups in total. The summed E-state index contributed by atoms with van der Waals surface area (Å²) in [4.78, 5) is 22.1. The van der Waals surface area contributed by atoms with Crippen LogP contribution in [0.5, 0.6) is 0 Å². The van der Waals surface area contributed by atoms with Crippen LogP contribution in [-0.4, -0.2) is 51.5 Å². The van der Waals surface area contributed by atoms with E-state index in [4.69, 9.17) is 0 Å². The van der Waals surface area contributed by atoms with Gasteiger partial charge >= 0.3 is 0 Å². The Bertz CT molecular complexity index is 980. The summed E-state index contributed by atoms with van der Waals surface area (Å²) in [6, 6.07) is 1.14. The molecule has 2 aromatic heterocycles. The lowest BCUT2D eigenvalue weighted by molar-refractivity contribution is 0.148. The number of rotatable bonds is 5. The van der Waals surface area contributed by atoms with Crippen LogP contribution in [0.25, 0.3) is 11.0 Å². The predicted molar refractivity (Wildman–Crippen MR) is 120 cm³/mol. The Kier molecular flexibility index (Phi) is 6.07. The fraction of sp³-hybridized carbons (Fsp3) is 0.650. The second kappa shape index (κ2) is 8.46. The normalized spacial score (nSPS) is 24.6. The zero-order valence-corrected chi connectivity index (χ0v) is 18.5. The van der Waals surface area contributed by atoms with Gasteiger partial charge in [-0.15, -0.1) is 0 Å². The Morgan fingerprint density at radius 2 is 2.07 bits per heavy atom. The minimum absolute atomic E-state index is 0.109. The lowest BCUT2D eigenvalue weighted by Gasteiger charge is -2.39. The van der Waals surface area contributed by atoms with Crippen LogP contribution in [0, 0.1) is 5.92 Å². The highest BCUT2D eigenvalue weighted by Crippen LogP contribution is 2.36. The van der Waals surface area contributed by atoms with Crippen molar-refractivity contribution in [1.29, 1.82) is 0 Å². The van der Waals surface area contributed by atoms with Gasteiger partial charge < -0.3 is 5.32 Å². The van der Waals surface area contributed by atoms with E-state index < -0.39 is 17.5 Å². The van der Waals surface area contributed by atoms with Crippen LogP contribution in [-0.2, 0) is 0 Å². The molecule has 3 heterocycles. The maximum atomic E-state index is 13.5. The third-order valence-electron chi connectivity index (χ3n) is 6.68. The first kappa shape index (κ1) is 21.6. The number of anilines is 1. The largest absolute Gasteiger partial charge is 0.356 e. The molecule has 1 saturated heterocycles. The van der Waals surface area contributed by atoms with Crippen molar-refractivity contribution in [3.05, 3.63) is 28.2 Å². The van der Waals surface area contributed by atoms with Gasteiger partial charge in [0.2, 0.25) is 5.95 Å². The van der Waals surface area contributed by atoms with Crippen molar-refractivity contribution in [3.8, 4) is 0 Å². The van der Waals surface area contributed by atoms with Gasteiger partial charge in [0.1, 0.15) is 13.5 Å². The van der Waals surface area contributed by atoms with Crippen LogP contribution in [0.4, 0.5) is 14.7 Å². The molecule has 162 valence electrons. The van der Waals surface area contributed by atoms with Gasteiger partial charge in [-0.05, 0) is 43.9 Å². The minimum Gasteiger partial charge on any atom is -0.356 e. The molecular weight excluding hydrogens is 407 g/mol. The van der Waals surface area contributed by atoms with Gasteiger partial charge in [-0.3, -0.25) is 13.7 Å². The van der Waals surface area contributed by atoms with Crippen molar-refractivity contribution in [2.24, 2.45) is 5.92 Å². The number of hydrogen-bond donors (Lipinski definition) is 1. The highest BCUT2D eigenvalue weighted by Gasteiger charge is 2.32. The van der Waals surface area contributed by atoms with Crippen molar-refractivity contribution >= 4 is 36.8 Å². The maximum Gasteiger partial charge on any atom is 0.269 e. The van der Waals surface area contributed by atoms with Gasteiger partial charge in [0, 0.05) is 36.2 Å². The lowest BCUT2D eigenvalue weighted by Crippen LogP contribution is -2.48. The van der Waals surface area contributed by atoms with Crippen LogP contribution in [0.15, 0.2) is 17.1 Å². The van der Waals surface area contributed by atoms with Crippen LogP contribution < -0.4 is 10.9 Å². The number of halogens is 2. The van der Waals surface area contributed by atoms with Crippen molar-refractivity contribution in [3.63, 3.8) is 0 Å². The van der Waals surface area contributed by atoms with Crippen molar-refractivity contribution in [2.75, 3.05) is 24.7 Å². The maximum absolute atomic E-state index is 13.5. The second-order valence-electron chi connectivity index (χ2n) is 8.82. The molecule has 2 unspecified atom stereocenters. The molecule has 0 amide bonds. The van der Waals surface area contributed by atoms with Crippen molar-refractivity contribution in [2.45, 2.75) is 56.9 Å². The highest BCUT2D eigenvalue weighted by molar-refractivity contribution is 7.96. The standard InChI is InChI=1S/C20H28BF2N5OS/c1-12-4-3-5-15(12)28-17-13(10-14(16(22)23)18(28)29)11-24-19(25-17)26-20(21)6-8-27(30-2)9-7-20/h10-12,15-16H,3-9,21H2,1-2H3,(H,24,25,26). The van der Waals surface area contributed by atoms with E-state index in [1.165, 1.54) is 10.6 Å². The van der Waals surface area contributed by atoms with E-state index in [9.17, 15) is 13.6 Å². The predicted octanol–water partition coefficient (Wildman–Crippen LogP) is 3.21. The molecule has 1 aliphatic carbocycles. The zero-order valence-electron chi connectivity index (χ0n) is 17.7. The fourth-order valence-corrected chi connectivity index (χ4v) is 5.28. The summed E-state index contributed by atoms with van der Waals surface area (Å²) in [5.74, 6) is 0.699.